The summed E-state index contributed by atoms with van der Waals surface area (Å²) in [5.41, 5.74) is 4.25. The smallest absolute Gasteiger partial charge is 0.0305 e. The minimum atomic E-state index is 0.836. The third-order valence-electron chi connectivity index (χ3n) is 2.52. The van der Waals surface area contributed by atoms with Crippen LogP contribution in [0.15, 0.2) is 12.4 Å². The molecule has 11 heavy (non-hydrogen) atoms. The number of aryl methyl sites for hydroxylation is 1. The highest BCUT2D eigenvalue weighted by atomic mass is 14.6. The number of pyridine rings is 1. The first-order valence-corrected chi connectivity index (χ1v) is 4.20. The fourth-order valence-corrected chi connectivity index (χ4v) is 1.46. The van der Waals surface area contributed by atoms with Crippen LogP contribution in [0.4, 0.5) is 0 Å². The van der Waals surface area contributed by atoms with Crippen LogP contribution in [0.5, 0.6) is 0 Å². The largest absolute Gasteiger partial charge is 0.264 e. The Labute approximate surface area is 67.5 Å². The van der Waals surface area contributed by atoms with Gasteiger partial charge < -0.3 is 0 Å². The molecule has 0 unspecified atom stereocenters. The van der Waals surface area contributed by atoms with Gasteiger partial charge in [-0.05, 0) is 49.3 Å². The van der Waals surface area contributed by atoms with Crippen molar-refractivity contribution in [1.82, 2.24) is 4.98 Å². The second kappa shape index (κ2) is 2.33. The van der Waals surface area contributed by atoms with Gasteiger partial charge in [0.2, 0.25) is 0 Å². The van der Waals surface area contributed by atoms with E-state index >= 15 is 0 Å². The first kappa shape index (κ1) is 6.84. The normalized spacial score (nSPS) is 16.9. The lowest BCUT2D eigenvalue weighted by Crippen LogP contribution is -1.90. The van der Waals surface area contributed by atoms with Crippen LogP contribution in [0.1, 0.15) is 35.4 Å². The lowest BCUT2D eigenvalue weighted by Gasteiger charge is -2.04. The van der Waals surface area contributed by atoms with Crippen molar-refractivity contribution in [2.24, 2.45) is 0 Å². The van der Waals surface area contributed by atoms with E-state index in [1.807, 2.05) is 12.4 Å². The molecule has 58 valence electrons. The monoisotopic (exact) mass is 147 g/mol. The fourth-order valence-electron chi connectivity index (χ4n) is 1.46. The zero-order valence-corrected chi connectivity index (χ0v) is 7.09. The minimum Gasteiger partial charge on any atom is -0.264 e. The molecule has 1 aliphatic rings. The van der Waals surface area contributed by atoms with Crippen molar-refractivity contribution in [2.45, 2.75) is 32.6 Å². The number of nitrogens with zero attached hydrogens (tertiary/aromatic N) is 1. The lowest BCUT2D eigenvalue weighted by molar-refractivity contribution is 1.04. The highest BCUT2D eigenvalue weighted by molar-refractivity contribution is 5.34. The third-order valence-corrected chi connectivity index (χ3v) is 2.52. The summed E-state index contributed by atoms with van der Waals surface area (Å²) in [5, 5.41) is 0. The molecule has 0 saturated heterocycles. The predicted molar refractivity (Wildman–Crippen MR) is 45.7 cm³/mol. The SMILES string of the molecule is Cc1cncc(C2CC2)c1C. The highest BCUT2D eigenvalue weighted by Crippen LogP contribution is 2.41. The summed E-state index contributed by atoms with van der Waals surface area (Å²) in [6, 6.07) is 0. The highest BCUT2D eigenvalue weighted by Gasteiger charge is 2.25. The van der Waals surface area contributed by atoms with Crippen molar-refractivity contribution in [2.75, 3.05) is 0 Å². The molecule has 0 radical (unpaired) electrons. The molecular weight excluding hydrogens is 134 g/mol. The molecule has 0 bridgehead atoms. The number of hydrogen-bond donors (Lipinski definition) is 0. The van der Waals surface area contributed by atoms with Crippen LogP contribution >= 0.6 is 0 Å². The Morgan fingerprint density at radius 1 is 1.27 bits per heavy atom. The summed E-state index contributed by atoms with van der Waals surface area (Å²) in [7, 11) is 0. The summed E-state index contributed by atoms with van der Waals surface area (Å²) < 4.78 is 0. The molecule has 1 heterocycles. The molecular formula is C10H13N. The van der Waals surface area contributed by atoms with Crippen LogP contribution in [0.3, 0.4) is 0 Å². The molecule has 0 atom stereocenters. The van der Waals surface area contributed by atoms with Crippen LogP contribution in [0.2, 0.25) is 0 Å². The molecule has 1 aromatic heterocycles. The van der Waals surface area contributed by atoms with E-state index in [1.54, 1.807) is 0 Å². The van der Waals surface area contributed by atoms with Crippen molar-refractivity contribution in [3.63, 3.8) is 0 Å². The molecule has 0 amide bonds. The zero-order valence-electron chi connectivity index (χ0n) is 7.09. The van der Waals surface area contributed by atoms with Crippen LogP contribution in [-0.2, 0) is 0 Å². The Kier molecular flexibility index (Phi) is 1.45. The van der Waals surface area contributed by atoms with Crippen LogP contribution in [-0.4, -0.2) is 4.98 Å². The summed E-state index contributed by atoms with van der Waals surface area (Å²) in [4.78, 5) is 4.21. The van der Waals surface area contributed by atoms with Gasteiger partial charge in [0, 0.05) is 12.4 Å². The first-order valence-electron chi connectivity index (χ1n) is 4.20. The average molecular weight is 147 g/mol. The van der Waals surface area contributed by atoms with Gasteiger partial charge >= 0.3 is 0 Å². The molecule has 1 heteroatoms. The summed E-state index contributed by atoms with van der Waals surface area (Å²) in [5.74, 6) is 0.836. The van der Waals surface area contributed by atoms with E-state index in [0.29, 0.717) is 0 Å². The minimum absolute atomic E-state index is 0.836. The number of rotatable bonds is 1. The second-order valence-corrected chi connectivity index (χ2v) is 3.44. The molecule has 1 nitrogen and oxygen atoms in total. The van der Waals surface area contributed by atoms with Crippen LogP contribution in [0.25, 0.3) is 0 Å². The summed E-state index contributed by atoms with van der Waals surface area (Å²) >= 11 is 0. The van der Waals surface area contributed by atoms with E-state index in [1.165, 1.54) is 29.5 Å². The van der Waals surface area contributed by atoms with E-state index in [0.717, 1.165) is 5.92 Å². The van der Waals surface area contributed by atoms with E-state index in [4.69, 9.17) is 0 Å². The molecule has 2 rings (SSSR count). The molecule has 0 aromatic carbocycles. The summed E-state index contributed by atoms with van der Waals surface area (Å²) in [6.07, 6.45) is 6.71. The maximum absolute atomic E-state index is 4.21. The van der Waals surface area contributed by atoms with Crippen molar-refractivity contribution >= 4 is 0 Å². The molecule has 1 saturated carbocycles. The van der Waals surface area contributed by atoms with Crippen LogP contribution in [0, 0.1) is 13.8 Å². The van der Waals surface area contributed by atoms with E-state index in [9.17, 15) is 0 Å². The summed E-state index contributed by atoms with van der Waals surface area (Å²) in [6.45, 7) is 4.33. The van der Waals surface area contributed by atoms with Gasteiger partial charge in [-0.25, -0.2) is 0 Å². The molecule has 0 aliphatic heterocycles. The fraction of sp³-hybridized carbons (Fsp3) is 0.500. The van der Waals surface area contributed by atoms with E-state index in [-0.39, 0.29) is 0 Å². The van der Waals surface area contributed by atoms with Gasteiger partial charge in [-0.2, -0.15) is 0 Å². The molecule has 0 spiro atoms. The number of aromatic nitrogens is 1. The Morgan fingerprint density at radius 2 is 2.00 bits per heavy atom. The van der Waals surface area contributed by atoms with Crippen molar-refractivity contribution in [1.29, 1.82) is 0 Å². The third kappa shape index (κ3) is 1.15. The Hall–Kier alpha value is -0.850. The van der Waals surface area contributed by atoms with Gasteiger partial charge in [0.15, 0.2) is 0 Å². The van der Waals surface area contributed by atoms with Gasteiger partial charge in [0.25, 0.3) is 0 Å². The van der Waals surface area contributed by atoms with Gasteiger partial charge in [0.05, 0.1) is 0 Å². The Morgan fingerprint density at radius 3 is 2.64 bits per heavy atom. The van der Waals surface area contributed by atoms with Crippen molar-refractivity contribution in [3.05, 3.63) is 29.1 Å². The van der Waals surface area contributed by atoms with Crippen molar-refractivity contribution in [3.8, 4) is 0 Å². The Bertz CT molecular complexity index is 274. The first-order chi connectivity index (χ1) is 5.29. The lowest BCUT2D eigenvalue weighted by atomic mass is 10.0. The topological polar surface area (TPSA) is 12.9 Å². The van der Waals surface area contributed by atoms with Crippen LogP contribution < -0.4 is 0 Å². The second-order valence-electron chi connectivity index (χ2n) is 3.44. The van der Waals surface area contributed by atoms with E-state index < -0.39 is 0 Å². The van der Waals surface area contributed by atoms with Gasteiger partial charge in [-0.15, -0.1) is 0 Å². The van der Waals surface area contributed by atoms with Gasteiger partial charge in [-0.3, -0.25) is 4.98 Å². The zero-order chi connectivity index (χ0) is 7.84. The van der Waals surface area contributed by atoms with E-state index in [2.05, 4.69) is 18.8 Å². The standard InChI is InChI=1S/C10H13N/c1-7-5-11-6-10(8(7)2)9-3-4-9/h5-6,9H,3-4H2,1-2H3. The predicted octanol–water partition coefficient (Wildman–Crippen LogP) is 2.58. The van der Waals surface area contributed by atoms with Gasteiger partial charge in [0.1, 0.15) is 0 Å². The average Bonchev–Trinajstić information content (AvgIpc) is 2.77. The van der Waals surface area contributed by atoms with Gasteiger partial charge in [-0.1, -0.05) is 0 Å². The molecule has 1 aromatic rings. The molecule has 0 N–H and O–H groups in total. The molecule has 1 fully saturated rings. The maximum Gasteiger partial charge on any atom is 0.0305 e. The Balaban J connectivity index is 2.45. The maximum atomic E-state index is 4.21. The quantitative estimate of drug-likeness (QED) is 0.595. The van der Waals surface area contributed by atoms with Crippen molar-refractivity contribution < 1.29 is 0 Å². The number of hydrogen-bond acceptors (Lipinski definition) is 1. The molecule has 1 aliphatic carbocycles.